The van der Waals surface area contributed by atoms with Crippen molar-refractivity contribution in [2.24, 2.45) is 0 Å². The van der Waals surface area contributed by atoms with Crippen LogP contribution in [0.1, 0.15) is 0 Å². The molecule has 0 atom stereocenters. The van der Waals surface area contributed by atoms with Gasteiger partial charge in [-0.3, -0.25) is 0 Å². The molecule has 0 rings (SSSR count). The summed E-state index contributed by atoms with van der Waals surface area (Å²) in [5.41, 5.74) is 0. The monoisotopic (exact) mass is 222 g/mol. The Bertz CT molecular complexity index is 81.6. The van der Waals surface area contributed by atoms with Crippen LogP contribution in [0, 0.1) is 0 Å². The average Bonchev–Trinajstić information content (AvgIpc) is 1.59. The van der Waals surface area contributed by atoms with Crippen LogP contribution >= 0.6 is 34.3 Å². The molecule has 0 aromatic carbocycles. The van der Waals surface area contributed by atoms with Crippen LogP contribution in [-0.2, 0) is 4.12 Å². The van der Waals surface area contributed by atoms with Crippen LogP contribution < -0.4 is 0 Å². The van der Waals surface area contributed by atoms with E-state index in [0.29, 0.717) is 0 Å². The molecule has 6 heteroatoms. The Hall–Kier alpha value is 1.26. The SMILES string of the molecule is C[Si](C)(Cl)O[SiH2]C(Cl)Cl. The summed E-state index contributed by atoms with van der Waals surface area (Å²) in [5, 5.41) is 0. The largest absolute Gasteiger partial charge is 0.447 e. The summed E-state index contributed by atoms with van der Waals surface area (Å²) < 4.78 is 4.95. The van der Waals surface area contributed by atoms with E-state index in [-0.39, 0.29) is 4.46 Å². The van der Waals surface area contributed by atoms with Gasteiger partial charge in [0, 0.05) is 0 Å². The summed E-state index contributed by atoms with van der Waals surface area (Å²) in [5.74, 6) is 0. The van der Waals surface area contributed by atoms with Crippen molar-refractivity contribution in [1.29, 1.82) is 0 Å². The molecule has 0 saturated carbocycles. The first kappa shape index (κ1) is 10.3. The molecule has 0 amide bonds. The Balaban J connectivity index is 3.28. The number of rotatable bonds is 3. The quantitative estimate of drug-likeness (QED) is 0.403. The van der Waals surface area contributed by atoms with E-state index in [1.807, 2.05) is 13.1 Å². The second kappa shape index (κ2) is 4.21. The molecule has 0 spiro atoms. The lowest BCUT2D eigenvalue weighted by Crippen LogP contribution is -2.27. The zero-order valence-corrected chi connectivity index (χ0v) is 10.0. The van der Waals surface area contributed by atoms with Gasteiger partial charge < -0.3 is 4.12 Å². The van der Waals surface area contributed by atoms with Crippen molar-refractivity contribution in [1.82, 2.24) is 0 Å². The van der Waals surface area contributed by atoms with Gasteiger partial charge in [0.25, 0.3) is 7.63 Å². The average molecular weight is 224 g/mol. The van der Waals surface area contributed by atoms with Crippen molar-refractivity contribution < 1.29 is 4.12 Å². The zero-order chi connectivity index (χ0) is 7.49. The Morgan fingerprint density at radius 2 is 1.89 bits per heavy atom. The van der Waals surface area contributed by atoms with Gasteiger partial charge in [0.05, 0.1) is 0 Å². The highest BCUT2D eigenvalue weighted by molar-refractivity contribution is 7.16. The summed E-state index contributed by atoms with van der Waals surface area (Å²) in [7, 11) is -2.65. The molecule has 0 aromatic heterocycles. The van der Waals surface area contributed by atoms with Crippen LogP contribution in [0.25, 0.3) is 0 Å². The van der Waals surface area contributed by atoms with Crippen LogP contribution in [0.4, 0.5) is 0 Å². The molecule has 0 aliphatic carbocycles. The predicted octanol–water partition coefficient (Wildman–Crippen LogP) is 1.79. The molecule has 0 saturated heterocycles. The van der Waals surface area contributed by atoms with Gasteiger partial charge in [-0.1, -0.05) is 0 Å². The summed E-state index contributed by atoms with van der Waals surface area (Å²) in [6.45, 7) is 3.80. The third kappa shape index (κ3) is 9.26. The molecule has 56 valence electrons. The third-order valence-electron chi connectivity index (χ3n) is 0.553. The highest BCUT2D eigenvalue weighted by atomic mass is 35.6. The predicted molar refractivity (Wildman–Crippen MR) is 48.5 cm³/mol. The second-order valence-electron chi connectivity index (χ2n) is 2.07. The fraction of sp³-hybridized carbons (Fsp3) is 1.00. The first-order valence-electron chi connectivity index (χ1n) is 2.53. The Morgan fingerprint density at radius 1 is 1.44 bits per heavy atom. The van der Waals surface area contributed by atoms with E-state index < -0.39 is 17.4 Å². The van der Waals surface area contributed by atoms with Crippen molar-refractivity contribution in [3.63, 3.8) is 0 Å². The fourth-order valence-electron chi connectivity index (χ4n) is 0.261. The third-order valence-corrected chi connectivity index (χ3v) is 5.95. The molecule has 0 radical (unpaired) electrons. The highest BCUT2D eigenvalue weighted by Gasteiger charge is 2.18. The Labute approximate surface area is 73.4 Å². The summed E-state index contributed by atoms with van der Waals surface area (Å²) in [6.07, 6.45) is 0. The molecule has 9 heavy (non-hydrogen) atoms. The number of hydrogen-bond acceptors (Lipinski definition) is 1. The van der Waals surface area contributed by atoms with Crippen molar-refractivity contribution in [2.45, 2.75) is 17.6 Å². The standard InChI is InChI=1S/C3H9Cl3OSi2/c1-9(2,6)7-8-3(4)5/h3H,8H2,1-2H3. The lowest BCUT2D eigenvalue weighted by molar-refractivity contribution is 0.616. The minimum absolute atomic E-state index is 0.324. The van der Waals surface area contributed by atoms with Gasteiger partial charge in [-0.2, -0.15) is 0 Å². The number of hydrogen-bond donors (Lipinski definition) is 0. The number of alkyl halides is 2. The van der Waals surface area contributed by atoms with Gasteiger partial charge in [-0.15, -0.1) is 34.3 Å². The van der Waals surface area contributed by atoms with Crippen molar-refractivity contribution in [3.8, 4) is 0 Å². The van der Waals surface area contributed by atoms with Crippen LogP contribution in [0.3, 0.4) is 0 Å². The second-order valence-corrected chi connectivity index (χ2v) is 12.1. The van der Waals surface area contributed by atoms with E-state index in [1.165, 1.54) is 0 Å². The molecule has 0 N–H and O–H groups in total. The highest BCUT2D eigenvalue weighted by Crippen LogP contribution is 2.10. The summed E-state index contributed by atoms with van der Waals surface area (Å²) in [6, 6.07) is 0. The van der Waals surface area contributed by atoms with Crippen LogP contribution in [-0.4, -0.2) is 21.8 Å². The Morgan fingerprint density at radius 3 is 2.00 bits per heavy atom. The zero-order valence-electron chi connectivity index (χ0n) is 5.33. The molecule has 0 unspecified atom stereocenters. The summed E-state index contributed by atoms with van der Waals surface area (Å²) >= 11 is 16.7. The maximum absolute atomic E-state index is 5.81. The lowest BCUT2D eigenvalue weighted by Gasteiger charge is -2.14. The molecule has 0 bridgehead atoms. The molecule has 0 fully saturated rings. The van der Waals surface area contributed by atoms with E-state index in [0.717, 1.165) is 0 Å². The molecule has 0 aromatic rings. The van der Waals surface area contributed by atoms with Crippen LogP contribution in [0.2, 0.25) is 13.1 Å². The lowest BCUT2D eigenvalue weighted by atomic mass is 11.9. The van der Waals surface area contributed by atoms with Crippen LogP contribution in [0.5, 0.6) is 0 Å². The first-order valence-corrected chi connectivity index (χ1v) is 8.71. The van der Waals surface area contributed by atoms with E-state index >= 15 is 0 Å². The molecular formula is C3H9Cl3OSi2. The summed E-state index contributed by atoms with van der Waals surface area (Å²) in [4.78, 5) is 0. The van der Waals surface area contributed by atoms with Gasteiger partial charge in [-0.05, 0) is 13.1 Å². The molecule has 1 nitrogen and oxygen atoms in total. The van der Waals surface area contributed by atoms with E-state index in [1.54, 1.807) is 0 Å². The van der Waals surface area contributed by atoms with Gasteiger partial charge in [0.1, 0.15) is 4.46 Å². The molecule has 0 aliphatic heterocycles. The van der Waals surface area contributed by atoms with Gasteiger partial charge in [0.15, 0.2) is 9.76 Å². The van der Waals surface area contributed by atoms with Gasteiger partial charge in [0.2, 0.25) is 0 Å². The van der Waals surface area contributed by atoms with Gasteiger partial charge >= 0.3 is 0 Å². The van der Waals surface area contributed by atoms with Gasteiger partial charge in [-0.25, -0.2) is 0 Å². The minimum atomic E-state index is -1.85. The van der Waals surface area contributed by atoms with E-state index in [4.69, 9.17) is 38.4 Å². The maximum Gasteiger partial charge on any atom is 0.273 e. The maximum atomic E-state index is 5.81. The Kier molecular flexibility index (Phi) is 4.80. The fourth-order valence-corrected chi connectivity index (χ4v) is 4.05. The van der Waals surface area contributed by atoms with Crippen molar-refractivity contribution >= 4 is 51.7 Å². The molecule has 0 heterocycles. The first-order chi connectivity index (χ1) is 3.92. The minimum Gasteiger partial charge on any atom is -0.447 e. The number of halogens is 3. The molecular weight excluding hydrogens is 215 g/mol. The van der Waals surface area contributed by atoms with E-state index in [2.05, 4.69) is 0 Å². The normalized spacial score (nSPS) is 14.0. The van der Waals surface area contributed by atoms with E-state index in [9.17, 15) is 0 Å². The smallest absolute Gasteiger partial charge is 0.273 e. The van der Waals surface area contributed by atoms with Crippen molar-refractivity contribution in [3.05, 3.63) is 0 Å². The topological polar surface area (TPSA) is 9.23 Å². The van der Waals surface area contributed by atoms with Crippen LogP contribution in [0.15, 0.2) is 0 Å². The van der Waals surface area contributed by atoms with Crippen molar-refractivity contribution in [2.75, 3.05) is 0 Å². The molecule has 0 aliphatic rings.